The fourth-order valence-electron chi connectivity index (χ4n) is 5.45. The zero-order chi connectivity index (χ0) is 24.2. The largest absolute Gasteiger partial charge is 0.368 e. The van der Waals surface area contributed by atoms with E-state index in [1.54, 1.807) is 0 Å². The summed E-state index contributed by atoms with van der Waals surface area (Å²) in [7, 11) is 0. The van der Waals surface area contributed by atoms with E-state index in [2.05, 4.69) is 54.9 Å². The van der Waals surface area contributed by atoms with Gasteiger partial charge >= 0.3 is 0 Å². The van der Waals surface area contributed by atoms with Crippen molar-refractivity contribution in [3.63, 3.8) is 0 Å². The average molecular weight is 498 g/mol. The summed E-state index contributed by atoms with van der Waals surface area (Å²) in [5.41, 5.74) is 1.13. The van der Waals surface area contributed by atoms with Crippen molar-refractivity contribution in [3.8, 4) is 0 Å². The summed E-state index contributed by atoms with van der Waals surface area (Å²) < 4.78 is 0. The molecule has 3 aliphatic heterocycles. The van der Waals surface area contributed by atoms with Crippen LogP contribution in [0.4, 0.5) is 17.3 Å². The number of carbonyl (C=O) groups excluding carboxylic acids is 1. The lowest BCUT2D eigenvalue weighted by Crippen LogP contribution is -2.52. The predicted octanol–water partition coefficient (Wildman–Crippen LogP) is 2.84. The minimum absolute atomic E-state index is 0.0186. The minimum Gasteiger partial charge on any atom is -0.368 e. The average Bonchev–Trinajstić information content (AvgIpc) is 2.93. The number of hydrogen-bond acceptors (Lipinski definition) is 7. The molecule has 3 saturated heterocycles. The molecule has 3 aliphatic rings. The SMILES string of the molecule is CCN1CCN(c2ccc(N3CCCC(C(=O)N4CCN(c5cccc(Cl)c5)CC4)C3)nn2)CC1. The number of rotatable bonds is 5. The van der Waals surface area contributed by atoms with Gasteiger partial charge in [0, 0.05) is 76.2 Å². The number of carbonyl (C=O) groups is 1. The van der Waals surface area contributed by atoms with Crippen LogP contribution in [-0.4, -0.2) is 97.9 Å². The second-order valence-electron chi connectivity index (χ2n) is 9.75. The van der Waals surface area contributed by atoms with Crippen LogP contribution in [0.25, 0.3) is 0 Å². The number of aromatic nitrogens is 2. The predicted molar refractivity (Wildman–Crippen MR) is 142 cm³/mol. The highest BCUT2D eigenvalue weighted by Gasteiger charge is 2.32. The molecule has 4 heterocycles. The Kier molecular flexibility index (Phi) is 7.58. The van der Waals surface area contributed by atoms with Gasteiger partial charge in [-0.15, -0.1) is 10.2 Å². The second kappa shape index (κ2) is 11.0. The standard InChI is InChI=1S/C26H36ClN7O/c1-2-30-11-13-32(14-12-30)24-8-9-25(29-28-24)34-10-4-5-21(20-34)26(35)33-17-15-31(16-18-33)23-7-3-6-22(27)19-23/h3,6-9,19,21H,2,4-5,10-18,20H2,1H3. The molecule has 8 nitrogen and oxygen atoms in total. The molecule has 1 aromatic carbocycles. The molecule has 0 aliphatic carbocycles. The van der Waals surface area contributed by atoms with Crippen molar-refractivity contribution in [3.05, 3.63) is 41.4 Å². The molecule has 2 aromatic rings. The highest BCUT2D eigenvalue weighted by molar-refractivity contribution is 6.30. The van der Waals surface area contributed by atoms with Gasteiger partial charge in [-0.3, -0.25) is 4.79 Å². The topological polar surface area (TPSA) is 59.1 Å². The van der Waals surface area contributed by atoms with Gasteiger partial charge in [-0.05, 0) is 49.7 Å². The third-order valence-corrected chi connectivity index (χ3v) is 7.87. The molecule has 188 valence electrons. The first-order chi connectivity index (χ1) is 17.1. The molecule has 1 aromatic heterocycles. The van der Waals surface area contributed by atoms with E-state index in [0.717, 1.165) is 107 Å². The molecule has 1 unspecified atom stereocenters. The maximum atomic E-state index is 13.4. The highest BCUT2D eigenvalue weighted by atomic mass is 35.5. The zero-order valence-electron chi connectivity index (χ0n) is 20.7. The summed E-state index contributed by atoms with van der Waals surface area (Å²) in [6.45, 7) is 12.3. The Morgan fingerprint density at radius 2 is 1.57 bits per heavy atom. The molecule has 1 atom stereocenters. The maximum absolute atomic E-state index is 13.4. The van der Waals surface area contributed by atoms with Crippen molar-refractivity contribution in [2.45, 2.75) is 19.8 Å². The number of piperidine rings is 1. The van der Waals surface area contributed by atoms with Crippen LogP contribution in [0.3, 0.4) is 0 Å². The maximum Gasteiger partial charge on any atom is 0.227 e. The number of benzene rings is 1. The van der Waals surface area contributed by atoms with Gasteiger partial charge in [0.15, 0.2) is 11.6 Å². The van der Waals surface area contributed by atoms with Crippen molar-refractivity contribution in [2.24, 2.45) is 5.92 Å². The van der Waals surface area contributed by atoms with E-state index in [9.17, 15) is 4.79 Å². The van der Waals surface area contributed by atoms with Gasteiger partial charge in [0.25, 0.3) is 0 Å². The van der Waals surface area contributed by atoms with Gasteiger partial charge in [0.2, 0.25) is 5.91 Å². The third kappa shape index (κ3) is 5.64. The summed E-state index contributed by atoms with van der Waals surface area (Å²) >= 11 is 6.16. The van der Waals surface area contributed by atoms with Gasteiger partial charge in [0.05, 0.1) is 5.92 Å². The molecular formula is C26H36ClN7O. The number of halogens is 1. The third-order valence-electron chi connectivity index (χ3n) is 7.64. The monoisotopic (exact) mass is 497 g/mol. The van der Waals surface area contributed by atoms with E-state index in [1.807, 2.05) is 23.1 Å². The lowest BCUT2D eigenvalue weighted by Gasteiger charge is -2.40. The number of amides is 1. The van der Waals surface area contributed by atoms with E-state index < -0.39 is 0 Å². The van der Waals surface area contributed by atoms with Crippen molar-refractivity contribution >= 4 is 34.8 Å². The number of piperazine rings is 2. The molecule has 0 saturated carbocycles. The molecule has 9 heteroatoms. The van der Waals surface area contributed by atoms with Gasteiger partial charge in [0.1, 0.15) is 0 Å². The van der Waals surface area contributed by atoms with Gasteiger partial charge in [-0.1, -0.05) is 24.6 Å². The van der Waals surface area contributed by atoms with Crippen molar-refractivity contribution in [1.29, 1.82) is 0 Å². The Morgan fingerprint density at radius 1 is 0.886 bits per heavy atom. The van der Waals surface area contributed by atoms with Gasteiger partial charge in [-0.2, -0.15) is 0 Å². The number of hydrogen-bond donors (Lipinski definition) is 0. The first kappa shape index (κ1) is 24.1. The summed E-state index contributed by atoms with van der Waals surface area (Å²) in [5, 5.41) is 9.84. The molecule has 0 radical (unpaired) electrons. The number of nitrogens with zero attached hydrogens (tertiary/aromatic N) is 7. The lowest BCUT2D eigenvalue weighted by molar-refractivity contribution is -0.136. The molecule has 5 rings (SSSR count). The molecule has 0 bridgehead atoms. The highest BCUT2D eigenvalue weighted by Crippen LogP contribution is 2.26. The van der Waals surface area contributed by atoms with Crippen LogP contribution < -0.4 is 14.7 Å². The van der Waals surface area contributed by atoms with E-state index in [-0.39, 0.29) is 11.8 Å². The molecule has 0 spiro atoms. The van der Waals surface area contributed by atoms with Gasteiger partial charge < -0.3 is 24.5 Å². The Morgan fingerprint density at radius 3 is 2.23 bits per heavy atom. The molecule has 3 fully saturated rings. The summed E-state index contributed by atoms with van der Waals surface area (Å²) in [4.78, 5) is 24.7. The Bertz CT molecular complexity index is 987. The molecular weight excluding hydrogens is 462 g/mol. The van der Waals surface area contributed by atoms with Crippen LogP contribution in [0.2, 0.25) is 5.02 Å². The first-order valence-corrected chi connectivity index (χ1v) is 13.3. The number of anilines is 3. The van der Waals surface area contributed by atoms with Crippen molar-refractivity contribution in [1.82, 2.24) is 20.0 Å². The van der Waals surface area contributed by atoms with Crippen molar-refractivity contribution < 1.29 is 4.79 Å². The van der Waals surface area contributed by atoms with Crippen LogP contribution in [-0.2, 0) is 4.79 Å². The number of likely N-dealkylation sites (N-methyl/N-ethyl adjacent to an activating group) is 1. The molecule has 0 N–H and O–H groups in total. The Labute approximate surface area is 213 Å². The van der Waals surface area contributed by atoms with Gasteiger partial charge in [-0.25, -0.2) is 0 Å². The van der Waals surface area contributed by atoms with Crippen LogP contribution in [0, 0.1) is 5.92 Å². The van der Waals surface area contributed by atoms with E-state index in [0.29, 0.717) is 0 Å². The van der Waals surface area contributed by atoms with E-state index in [1.165, 1.54) is 0 Å². The summed E-state index contributed by atoms with van der Waals surface area (Å²) in [6.07, 6.45) is 1.94. The van der Waals surface area contributed by atoms with Crippen LogP contribution in [0.1, 0.15) is 19.8 Å². The minimum atomic E-state index is 0.0186. The fraction of sp³-hybridized carbons (Fsp3) is 0.577. The molecule has 1 amide bonds. The van der Waals surface area contributed by atoms with Crippen LogP contribution in [0.5, 0.6) is 0 Å². The lowest BCUT2D eigenvalue weighted by atomic mass is 9.96. The smallest absolute Gasteiger partial charge is 0.227 e. The Balaban J connectivity index is 1.15. The van der Waals surface area contributed by atoms with Crippen LogP contribution in [0.15, 0.2) is 36.4 Å². The quantitative estimate of drug-likeness (QED) is 0.629. The van der Waals surface area contributed by atoms with E-state index in [4.69, 9.17) is 11.6 Å². The first-order valence-electron chi connectivity index (χ1n) is 13.0. The van der Waals surface area contributed by atoms with E-state index >= 15 is 0 Å². The summed E-state index contributed by atoms with van der Waals surface area (Å²) in [5.74, 6) is 2.12. The molecule has 35 heavy (non-hydrogen) atoms. The Hall–Kier alpha value is -2.58. The fourth-order valence-corrected chi connectivity index (χ4v) is 5.64. The summed E-state index contributed by atoms with van der Waals surface area (Å²) in [6, 6.07) is 12.1. The zero-order valence-corrected chi connectivity index (χ0v) is 21.4. The second-order valence-corrected chi connectivity index (χ2v) is 10.2. The van der Waals surface area contributed by atoms with Crippen molar-refractivity contribution in [2.75, 3.05) is 86.7 Å². The van der Waals surface area contributed by atoms with Crippen LogP contribution >= 0.6 is 11.6 Å². The normalized spacial score (nSPS) is 21.9.